The molecule has 0 aliphatic carbocycles. The van der Waals surface area contributed by atoms with Gasteiger partial charge in [0.2, 0.25) is 5.91 Å². The number of ether oxygens (including phenoxy) is 1. The summed E-state index contributed by atoms with van der Waals surface area (Å²) in [4.78, 5) is 17.1. The molecule has 1 fully saturated rings. The molecular formula is C20H28N4O2. The number of H-pyrrole nitrogens is 1. The summed E-state index contributed by atoms with van der Waals surface area (Å²) in [5.41, 5.74) is 4.11. The van der Waals surface area contributed by atoms with E-state index in [1.165, 1.54) is 0 Å². The monoisotopic (exact) mass is 356 g/mol. The van der Waals surface area contributed by atoms with Gasteiger partial charge in [-0.2, -0.15) is 5.10 Å². The molecular weight excluding hydrogens is 328 g/mol. The number of amides is 1. The fourth-order valence-corrected chi connectivity index (χ4v) is 3.65. The summed E-state index contributed by atoms with van der Waals surface area (Å²) in [7, 11) is 5.70. The number of rotatable bonds is 6. The molecule has 1 aliphatic rings. The maximum absolute atomic E-state index is 13.0. The molecule has 1 atom stereocenters. The highest BCUT2D eigenvalue weighted by atomic mass is 16.5. The van der Waals surface area contributed by atoms with E-state index < -0.39 is 0 Å². The first-order valence-corrected chi connectivity index (χ1v) is 9.10. The Bertz CT molecular complexity index is 769. The van der Waals surface area contributed by atoms with Gasteiger partial charge in [0, 0.05) is 24.3 Å². The minimum atomic E-state index is 0.0606. The minimum Gasteiger partial charge on any atom is -0.496 e. The normalized spacial score (nSPS) is 17.1. The highest BCUT2D eigenvalue weighted by molar-refractivity contribution is 5.80. The molecule has 2 aromatic rings. The molecule has 3 rings (SSSR count). The quantitative estimate of drug-likeness (QED) is 0.864. The van der Waals surface area contributed by atoms with Crippen molar-refractivity contribution in [2.24, 2.45) is 0 Å². The fourth-order valence-electron chi connectivity index (χ4n) is 3.65. The zero-order valence-electron chi connectivity index (χ0n) is 16.1. The lowest BCUT2D eigenvalue weighted by molar-refractivity contribution is -0.131. The van der Waals surface area contributed by atoms with Crippen molar-refractivity contribution >= 4 is 5.91 Å². The van der Waals surface area contributed by atoms with Crippen LogP contribution in [0, 0.1) is 6.92 Å². The van der Waals surface area contributed by atoms with Gasteiger partial charge in [-0.15, -0.1) is 0 Å². The van der Waals surface area contributed by atoms with E-state index >= 15 is 0 Å². The second-order valence-electron chi connectivity index (χ2n) is 7.29. The number of benzene rings is 1. The Hall–Kier alpha value is -2.34. The Labute approximate surface area is 155 Å². The van der Waals surface area contributed by atoms with Crippen LogP contribution in [-0.2, 0) is 17.8 Å². The summed E-state index contributed by atoms with van der Waals surface area (Å²) in [5.74, 6) is 0.904. The van der Waals surface area contributed by atoms with Crippen LogP contribution in [0.15, 0.2) is 24.3 Å². The number of hydrogen-bond donors (Lipinski definition) is 1. The number of aromatic amines is 1. The van der Waals surface area contributed by atoms with Crippen molar-refractivity contribution in [3.8, 4) is 5.75 Å². The first kappa shape index (κ1) is 18.5. The van der Waals surface area contributed by atoms with Crippen LogP contribution < -0.4 is 4.74 Å². The van der Waals surface area contributed by atoms with E-state index in [4.69, 9.17) is 4.74 Å². The molecule has 0 radical (unpaired) electrons. The topological polar surface area (TPSA) is 61.5 Å². The third-order valence-electron chi connectivity index (χ3n) is 4.83. The molecule has 0 saturated carbocycles. The Morgan fingerprint density at radius 2 is 2.19 bits per heavy atom. The van der Waals surface area contributed by atoms with Crippen molar-refractivity contribution in [3.05, 3.63) is 46.8 Å². The Kier molecular flexibility index (Phi) is 5.61. The van der Waals surface area contributed by atoms with Crippen LogP contribution in [0.5, 0.6) is 5.75 Å². The van der Waals surface area contributed by atoms with Crippen LogP contribution in [-0.4, -0.2) is 53.7 Å². The predicted molar refractivity (Wildman–Crippen MR) is 101 cm³/mol. The van der Waals surface area contributed by atoms with E-state index in [0.29, 0.717) is 6.42 Å². The lowest BCUT2D eigenvalue weighted by Gasteiger charge is -2.24. The van der Waals surface area contributed by atoms with E-state index in [1.54, 1.807) is 7.11 Å². The summed E-state index contributed by atoms with van der Waals surface area (Å²) in [6.45, 7) is 3.63. The number of aryl methyl sites for hydroxylation is 1. The number of aromatic nitrogens is 2. The summed E-state index contributed by atoms with van der Waals surface area (Å²) in [6, 6.07) is 8.11. The Morgan fingerprint density at radius 3 is 2.92 bits per heavy atom. The number of methoxy groups -OCH3 is 1. The maximum atomic E-state index is 13.0. The minimum absolute atomic E-state index is 0.0606. The molecule has 6 nitrogen and oxygen atoms in total. The molecule has 0 bridgehead atoms. The van der Waals surface area contributed by atoms with Crippen molar-refractivity contribution in [2.45, 2.75) is 38.8 Å². The number of nitrogens with one attached hydrogen (secondary N) is 1. The van der Waals surface area contributed by atoms with Gasteiger partial charge in [0.15, 0.2) is 0 Å². The highest BCUT2D eigenvalue weighted by Gasteiger charge is 2.32. The van der Waals surface area contributed by atoms with Crippen LogP contribution in [0.25, 0.3) is 0 Å². The third kappa shape index (κ3) is 4.07. The van der Waals surface area contributed by atoms with Gasteiger partial charge in [0.25, 0.3) is 0 Å². The molecule has 0 spiro atoms. The smallest absolute Gasteiger partial charge is 0.227 e. The largest absolute Gasteiger partial charge is 0.496 e. The maximum Gasteiger partial charge on any atom is 0.227 e. The van der Waals surface area contributed by atoms with Crippen molar-refractivity contribution < 1.29 is 9.53 Å². The van der Waals surface area contributed by atoms with Gasteiger partial charge in [-0.1, -0.05) is 17.7 Å². The van der Waals surface area contributed by atoms with Crippen molar-refractivity contribution in [1.82, 2.24) is 20.0 Å². The molecule has 26 heavy (non-hydrogen) atoms. The molecule has 1 saturated heterocycles. The summed E-state index contributed by atoms with van der Waals surface area (Å²) in [5, 5.41) is 7.57. The van der Waals surface area contributed by atoms with Crippen molar-refractivity contribution in [3.63, 3.8) is 0 Å². The molecule has 1 aromatic carbocycles. The summed E-state index contributed by atoms with van der Waals surface area (Å²) in [6.07, 6.45) is 2.33. The first-order chi connectivity index (χ1) is 12.5. The standard InChI is InChI=1S/C20H28N4O2/c1-14-7-8-19(26-4)15(10-14)11-20(25)24-9-5-6-18(24)17-12-16(21-22-17)13-23(2)3/h7-8,10,12,18H,5-6,9,11,13H2,1-4H3,(H,21,22). The second-order valence-corrected chi connectivity index (χ2v) is 7.29. The Morgan fingerprint density at radius 1 is 1.38 bits per heavy atom. The fraction of sp³-hybridized carbons (Fsp3) is 0.500. The van der Waals surface area contributed by atoms with E-state index in [0.717, 1.165) is 54.2 Å². The van der Waals surface area contributed by atoms with Gasteiger partial charge in [-0.3, -0.25) is 9.89 Å². The molecule has 1 N–H and O–H groups in total. The van der Waals surface area contributed by atoms with Crippen LogP contribution in [0.2, 0.25) is 0 Å². The SMILES string of the molecule is COc1ccc(C)cc1CC(=O)N1CCCC1c1cc(CN(C)C)[nH]n1. The van der Waals surface area contributed by atoms with Crippen LogP contribution in [0.4, 0.5) is 0 Å². The zero-order chi connectivity index (χ0) is 18.7. The van der Waals surface area contributed by atoms with Crippen molar-refractivity contribution in [1.29, 1.82) is 0 Å². The van der Waals surface area contributed by atoms with Crippen molar-refractivity contribution in [2.75, 3.05) is 27.7 Å². The van der Waals surface area contributed by atoms with E-state index in [9.17, 15) is 4.79 Å². The Balaban J connectivity index is 1.74. The van der Waals surface area contributed by atoms with Gasteiger partial charge in [0.05, 0.1) is 25.3 Å². The summed E-state index contributed by atoms with van der Waals surface area (Å²) >= 11 is 0. The molecule has 140 valence electrons. The number of carbonyl (C=O) groups excluding carboxylic acids is 1. The molecule has 2 heterocycles. The van der Waals surface area contributed by atoms with Gasteiger partial charge in [-0.05, 0) is 46.0 Å². The molecule has 1 aromatic heterocycles. The molecule has 1 amide bonds. The zero-order valence-corrected chi connectivity index (χ0v) is 16.1. The second kappa shape index (κ2) is 7.91. The molecule has 1 aliphatic heterocycles. The number of carbonyl (C=O) groups is 1. The molecule has 6 heteroatoms. The third-order valence-corrected chi connectivity index (χ3v) is 4.83. The predicted octanol–water partition coefficient (Wildman–Crippen LogP) is 2.69. The molecule has 1 unspecified atom stereocenters. The average Bonchev–Trinajstić information content (AvgIpc) is 3.23. The summed E-state index contributed by atoms with van der Waals surface area (Å²) < 4.78 is 5.42. The highest BCUT2D eigenvalue weighted by Crippen LogP contribution is 2.32. The van der Waals surface area contributed by atoms with E-state index in [-0.39, 0.29) is 11.9 Å². The van der Waals surface area contributed by atoms with Gasteiger partial charge >= 0.3 is 0 Å². The lowest BCUT2D eigenvalue weighted by Crippen LogP contribution is -2.32. The number of likely N-dealkylation sites (tertiary alicyclic amines) is 1. The first-order valence-electron chi connectivity index (χ1n) is 9.10. The lowest BCUT2D eigenvalue weighted by atomic mass is 10.1. The van der Waals surface area contributed by atoms with Gasteiger partial charge < -0.3 is 14.5 Å². The van der Waals surface area contributed by atoms with Crippen LogP contribution >= 0.6 is 0 Å². The number of hydrogen-bond acceptors (Lipinski definition) is 4. The van der Waals surface area contributed by atoms with Gasteiger partial charge in [0.1, 0.15) is 5.75 Å². The average molecular weight is 356 g/mol. The van der Waals surface area contributed by atoms with Gasteiger partial charge in [-0.25, -0.2) is 0 Å². The van der Waals surface area contributed by atoms with Crippen LogP contribution in [0.1, 0.15) is 41.4 Å². The number of nitrogens with zero attached hydrogens (tertiary/aromatic N) is 3. The van der Waals surface area contributed by atoms with E-state index in [2.05, 4.69) is 21.2 Å². The van der Waals surface area contributed by atoms with E-state index in [1.807, 2.05) is 44.1 Å². The van der Waals surface area contributed by atoms with Crippen LogP contribution in [0.3, 0.4) is 0 Å².